The Morgan fingerprint density at radius 1 is 1.39 bits per heavy atom. The third-order valence-electron chi connectivity index (χ3n) is 2.64. The molecule has 0 amide bonds. The molecule has 0 atom stereocenters. The number of carboxylic acids is 1. The Hall–Kier alpha value is -1.82. The summed E-state index contributed by atoms with van der Waals surface area (Å²) in [5.74, 6) is -0.971. The number of nitrogens with zero attached hydrogens (tertiary/aromatic N) is 2. The number of hydrogen-bond acceptors (Lipinski definition) is 3. The minimum Gasteiger partial charge on any atom is -0.507 e. The minimum absolute atomic E-state index is 0.0514. The number of hydrogen-bond donors (Lipinski definition) is 2. The van der Waals surface area contributed by atoms with Crippen LogP contribution in [0.5, 0.6) is 5.75 Å². The van der Waals surface area contributed by atoms with Gasteiger partial charge in [0, 0.05) is 17.1 Å². The average Bonchev–Trinajstić information content (AvgIpc) is 2.66. The van der Waals surface area contributed by atoms with Crippen molar-refractivity contribution in [3.8, 4) is 17.0 Å². The number of aromatic hydroxyl groups is 1. The standard InChI is InChI=1S/C12H11BrN2O3/c1-6-3-7(13)4-8(11(6)16)10-5-9(12(17)18)14-15(10)2/h3-5,16H,1-2H3,(H,17,18). The van der Waals surface area contributed by atoms with E-state index in [4.69, 9.17) is 5.11 Å². The molecule has 0 spiro atoms. The number of benzene rings is 1. The van der Waals surface area contributed by atoms with Crippen LogP contribution in [-0.2, 0) is 7.05 Å². The number of carbonyl (C=O) groups is 1. The third kappa shape index (κ3) is 2.11. The fourth-order valence-electron chi connectivity index (χ4n) is 1.75. The van der Waals surface area contributed by atoms with E-state index in [0.717, 1.165) is 4.47 Å². The second-order valence-corrected chi connectivity index (χ2v) is 4.88. The highest BCUT2D eigenvalue weighted by molar-refractivity contribution is 9.10. The van der Waals surface area contributed by atoms with Crippen molar-refractivity contribution in [2.75, 3.05) is 0 Å². The van der Waals surface area contributed by atoms with Gasteiger partial charge in [-0.3, -0.25) is 4.68 Å². The van der Waals surface area contributed by atoms with Crippen molar-refractivity contribution in [1.29, 1.82) is 0 Å². The number of aromatic nitrogens is 2. The van der Waals surface area contributed by atoms with Gasteiger partial charge in [-0.1, -0.05) is 15.9 Å². The number of rotatable bonds is 2. The molecule has 0 fully saturated rings. The quantitative estimate of drug-likeness (QED) is 0.894. The maximum atomic E-state index is 10.9. The van der Waals surface area contributed by atoms with E-state index < -0.39 is 5.97 Å². The first-order valence-electron chi connectivity index (χ1n) is 5.17. The summed E-state index contributed by atoms with van der Waals surface area (Å²) in [6.45, 7) is 1.78. The average molecular weight is 311 g/mol. The van der Waals surface area contributed by atoms with Gasteiger partial charge >= 0.3 is 5.97 Å². The second-order valence-electron chi connectivity index (χ2n) is 3.96. The number of phenolic OH excluding ortho intramolecular Hbond substituents is 1. The largest absolute Gasteiger partial charge is 0.507 e. The number of carboxylic acid groups (broad SMARTS) is 1. The lowest BCUT2D eigenvalue weighted by Crippen LogP contribution is -1.99. The van der Waals surface area contributed by atoms with Crippen LogP contribution in [0.2, 0.25) is 0 Å². The molecule has 0 saturated heterocycles. The SMILES string of the molecule is Cc1cc(Br)cc(-c2cc(C(=O)O)nn2C)c1O. The van der Waals surface area contributed by atoms with E-state index in [0.29, 0.717) is 16.8 Å². The first kappa shape index (κ1) is 12.6. The maximum absolute atomic E-state index is 10.9. The molecule has 2 N–H and O–H groups in total. The minimum atomic E-state index is -1.09. The molecule has 6 heteroatoms. The lowest BCUT2D eigenvalue weighted by atomic mass is 10.1. The van der Waals surface area contributed by atoms with Crippen LogP contribution in [0.4, 0.5) is 0 Å². The molecule has 0 saturated carbocycles. The summed E-state index contributed by atoms with van der Waals surface area (Å²) in [4.78, 5) is 10.9. The predicted octanol–water partition coefficient (Wildman–Crippen LogP) is 2.56. The molecule has 0 bridgehead atoms. The number of aryl methyl sites for hydroxylation is 2. The van der Waals surface area contributed by atoms with Crippen molar-refractivity contribution < 1.29 is 15.0 Å². The van der Waals surface area contributed by atoms with E-state index in [1.807, 2.05) is 0 Å². The fraction of sp³-hybridized carbons (Fsp3) is 0.167. The monoisotopic (exact) mass is 310 g/mol. The summed E-state index contributed by atoms with van der Waals surface area (Å²) in [6, 6.07) is 4.95. The van der Waals surface area contributed by atoms with Gasteiger partial charge in [0.1, 0.15) is 5.75 Å². The normalized spacial score (nSPS) is 10.6. The predicted molar refractivity (Wildman–Crippen MR) is 69.7 cm³/mol. The van der Waals surface area contributed by atoms with Crippen LogP contribution in [0.15, 0.2) is 22.7 Å². The van der Waals surface area contributed by atoms with E-state index in [-0.39, 0.29) is 11.4 Å². The Morgan fingerprint density at radius 3 is 2.61 bits per heavy atom. The Balaban J connectivity index is 2.65. The highest BCUT2D eigenvalue weighted by Crippen LogP contribution is 2.34. The lowest BCUT2D eigenvalue weighted by Gasteiger charge is -2.08. The topological polar surface area (TPSA) is 75.3 Å². The molecule has 1 heterocycles. The van der Waals surface area contributed by atoms with Gasteiger partial charge in [0.05, 0.1) is 5.69 Å². The molecule has 18 heavy (non-hydrogen) atoms. The van der Waals surface area contributed by atoms with Crippen molar-refractivity contribution >= 4 is 21.9 Å². The van der Waals surface area contributed by atoms with Crippen LogP contribution < -0.4 is 0 Å². The Kier molecular flexibility index (Phi) is 3.13. The van der Waals surface area contributed by atoms with Crippen molar-refractivity contribution in [2.24, 2.45) is 7.05 Å². The van der Waals surface area contributed by atoms with E-state index in [1.165, 1.54) is 10.7 Å². The number of phenols is 1. The third-order valence-corrected chi connectivity index (χ3v) is 3.10. The van der Waals surface area contributed by atoms with Crippen LogP contribution >= 0.6 is 15.9 Å². The molecule has 94 valence electrons. The number of aromatic carboxylic acids is 1. The van der Waals surface area contributed by atoms with Crippen molar-refractivity contribution in [2.45, 2.75) is 6.92 Å². The van der Waals surface area contributed by atoms with Crippen LogP contribution in [0.25, 0.3) is 11.3 Å². The number of halogens is 1. The van der Waals surface area contributed by atoms with Gasteiger partial charge in [0.2, 0.25) is 0 Å². The van der Waals surface area contributed by atoms with Gasteiger partial charge in [-0.25, -0.2) is 4.79 Å². The summed E-state index contributed by atoms with van der Waals surface area (Å²) in [5, 5.41) is 22.8. The molecule has 1 aromatic carbocycles. The van der Waals surface area contributed by atoms with Gasteiger partial charge in [-0.05, 0) is 30.7 Å². The second kappa shape index (κ2) is 4.45. The molecule has 1 aromatic heterocycles. The molecule has 2 rings (SSSR count). The van der Waals surface area contributed by atoms with Crippen LogP contribution in [0.1, 0.15) is 16.1 Å². The van der Waals surface area contributed by atoms with Crippen molar-refractivity contribution in [1.82, 2.24) is 9.78 Å². The van der Waals surface area contributed by atoms with Crippen LogP contribution in [-0.4, -0.2) is 26.0 Å². The maximum Gasteiger partial charge on any atom is 0.356 e. The van der Waals surface area contributed by atoms with Gasteiger partial charge < -0.3 is 10.2 Å². The molecule has 5 nitrogen and oxygen atoms in total. The van der Waals surface area contributed by atoms with Gasteiger partial charge in [-0.2, -0.15) is 5.10 Å². The highest BCUT2D eigenvalue weighted by Gasteiger charge is 2.16. The first-order chi connectivity index (χ1) is 8.40. The highest BCUT2D eigenvalue weighted by atomic mass is 79.9. The van der Waals surface area contributed by atoms with Gasteiger partial charge in [0.25, 0.3) is 0 Å². The molecule has 0 aliphatic heterocycles. The van der Waals surface area contributed by atoms with Crippen LogP contribution in [0, 0.1) is 6.92 Å². The zero-order valence-corrected chi connectivity index (χ0v) is 11.4. The lowest BCUT2D eigenvalue weighted by molar-refractivity contribution is 0.0689. The Morgan fingerprint density at radius 2 is 2.06 bits per heavy atom. The summed E-state index contributed by atoms with van der Waals surface area (Å²) >= 11 is 3.35. The molecule has 0 radical (unpaired) electrons. The van der Waals surface area contributed by atoms with E-state index >= 15 is 0 Å². The van der Waals surface area contributed by atoms with Gasteiger partial charge in [0.15, 0.2) is 5.69 Å². The zero-order valence-electron chi connectivity index (χ0n) is 9.81. The molecule has 0 unspecified atom stereocenters. The van der Waals surface area contributed by atoms with Crippen molar-refractivity contribution in [3.05, 3.63) is 33.9 Å². The molecule has 2 aromatic rings. The van der Waals surface area contributed by atoms with E-state index in [1.54, 1.807) is 26.1 Å². The molecular formula is C12H11BrN2O3. The zero-order chi connectivity index (χ0) is 13.4. The van der Waals surface area contributed by atoms with Gasteiger partial charge in [-0.15, -0.1) is 0 Å². The fourth-order valence-corrected chi connectivity index (χ4v) is 2.33. The van der Waals surface area contributed by atoms with E-state index in [2.05, 4.69) is 21.0 Å². The smallest absolute Gasteiger partial charge is 0.356 e. The van der Waals surface area contributed by atoms with Crippen LogP contribution in [0.3, 0.4) is 0 Å². The summed E-state index contributed by atoms with van der Waals surface area (Å²) in [6.07, 6.45) is 0. The Labute approximate surface area is 112 Å². The van der Waals surface area contributed by atoms with E-state index in [9.17, 15) is 9.90 Å². The Bertz CT molecular complexity index is 634. The summed E-state index contributed by atoms with van der Waals surface area (Å²) < 4.78 is 2.25. The van der Waals surface area contributed by atoms with Crippen molar-refractivity contribution in [3.63, 3.8) is 0 Å². The first-order valence-corrected chi connectivity index (χ1v) is 5.96. The molecular weight excluding hydrogens is 300 g/mol. The summed E-state index contributed by atoms with van der Waals surface area (Å²) in [7, 11) is 1.64. The molecule has 0 aliphatic carbocycles. The summed E-state index contributed by atoms with van der Waals surface area (Å²) in [5.41, 5.74) is 1.75. The molecule has 0 aliphatic rings.